The fraction of sp³-hybridized carbons (Fsp3) is 0.778. The van der Waals surface area contributed by atoms with Gasteiger partial charge in [-0.2, -0.15) is 5.10 Å². The second-order valence-electron chi connectivity index (χ2n) is 7.29. The zero-order chi connectivity index (χ0) is 17.4. The minimum absolute atomic E-state index is 0.0283. The lowest BCUT2D eigenvalue weighted by Crippen LogP contribution is -2.62. The largest absolute Gasteiger partial charge is 0.378 e. The van der Waals surface area contributed by atoms with Crippen LogP contribution < -0.4 is 0 Å². The molecule has 23 heavy (non-hydrogen) atoms. The van der Waals surface area contributed by atoms with Gasteiger partial charge in [-0.25, -0.2) is 0 Å². The van der Waals surface area contributed by atoms with Crippen molar-refractivity contribution in [3.8, 4) is 0 Å². The number of carbonyl (C=O) groups is 1. The number of hydrogen-bond acceptors (Lipinski definition) is 3. The molecule has 1 amide bonds. The monoisotopic (exact) mass is 321 g/mol. The predicted octanol–water partition coefficient (Wildman–Crippen LogP) is 2.63. The number of carbonyl (C=O) groups excluding carboxylic acids is 1. The van der Waals surface area contributed by atoms with Crippen molar-refractivity contribution < 1.29 is 9.53 Å². The molecule has 1 aliphatic carbocycles. The summed E-state index contributed by atoms with van der Waals surface area (Å²) in [5.41, 5.74) is 3.41. The predicted molar refractivity (Wildman–Crippen MR) is 91.4 cm³/mol. The Balaban J connectivity index is 1.94. The van der Waals surface area contributed by atoms with Crippen LogP contribution in [0.5, 0.6) is 0 Å². The molecule has 1 heterocycles. The Kier molecular flexibility index (Phi) is 5.19. The summed E-state index contributed by atoms with van der Waals surface area (Å²) in [6, 6.07) is 0.266. The molecule has 0 aromatic carbocycles. The van der Waals surface area contributed by atoms with Crippen LogP contribution >= 0.6 is 0 Å². The van der Waals surface area contributed by atoms with Crippen molar-refractivity contribution in [1.29, 1.82) is 0 Å². The summed E-state index contributed by atoms with van der Waals surface area (Å²) in [6.07, 6.45) is 2.50. The Morgan fingerprint density at radius 2 is 2.09 bits per heavy atom. The minimum Gasteiger partial charge on any atom is -0.378 e. The fourth-order valence-corrected chi connectivity index (χ4v) is 3.77. The average Bonchev–Trinajstić information content (AvgIpc) is 2.73. The molecule has 1 aliphatic rings. The minimum atomic E-state index is 0.0283. The maximum atomic E-state index is 12.6. The second-order valence-corrected chi connectivity index (χ2v) is 7.29. The van der Waals surface area contributed by atoms with Crippen molar-refractivity contribution >= 4 is 5.91 Å². The molecule has 0 aliphatic heterocycles. The lowest BCUT2D eigenvalue weighted by molar-refractivity contribution is -0.163. The molecule has 0 saturated heterocycles. The van der Waals surface area contributed by atoms with Crippen LogP contribution in [0.2, 0.25) is 0 Å². The van der Waals surface area contributed by atoms with Gasteiger partial charge < -0.3 is 9.64 Å². The molecule has 0 N–H and O–H groups in total. The van der Waals surface area contributed by atoms with Crippen molar-refractivity contribution in [1.82, 2.24) is 14.7 Å². The molecule has 130 valence electrons. The first kappa shape index (κ1) is 18.0. The van der Waals surface area contributed by atoms with Gasteiger partial charge in [-0.15, -0.1) is 0 Å². The van der Waals surface area contributed by atoms with Gasteiger partial charge in [-0.1, -0.05) is 13.8 Å². The van der Waals surface area contributed by atoms with E-state index in [-0.39, 0.29) is 23.5 Å². The van der Waals surface area contributed by atoms with Crippen LogP contribution in [0.15, 0.2) is 0 Å². The van der Waals surface area contributed by atoms with Crippen LogP contribution in [0.25, 0.3) is 0 Å². The van der Waals surface area contributed by atoms with Crippen LogP contribution in [-0.2, 0) is 23.0 Å². The molecule has 1 saturated carbocycles. The molecule has 0 unspecified atom stereocenters. The van der Waals surface area contributed by atoms with E-state index in [4.69, 9.17) is 4.74 Å². The Morgan fingerprint density at radius 3 is 2.57 bits per heavy atom. The number of aromatic nitrogens is 2. The van der Waals surface area contributed by atoms with E-state index >= 15 is 0 Å². The van der Waals surface area contributed by atoms with E-state index in [2.05, 4.69) is 25.9 Å². The molecule has 1 fully saturated rings. The van der Waals surface area contributed by atoms with Gasteiger partial charge in [0, 0.05) is 44.3 Å². The van der Waals surface area contributed by atoms with Gasteiger partial charge in [0.05, 0.1) is 11.8 Å². The number of hydrogen-bond donors (Lipinski definition) is 0. The average molecular weight is 321 g/mol. The zero-order valence-electron chi connectivity index (χ0n) is 15.6. The first-order valence-electron chi connectivity index (χ1n) is 8.56. The Hall–Kier alpha value is -1.36. The summed E-state index contributed by atoms with van der Waals surface area (Å²) in [4.78, 5) is 14.5. The van der Waals surface area contributed by atoms with Gasteiger partial charge in [0.15, 0.2) is 0 Å². The van der Waals surface area contributed by atoms with E-state index in [1.165, 1.54) is 5.56 Å². The van der Waals surface area contributed by atoms with Crippen molar-refractivity contribution in [2.24, 2.45) is 12.5 Å². The number of amides is 1. The Labute approximate surface area is 140 Å². The summed E-state index contributed by atoms with van der Waals surface area (Å²) in [6.45, 7) is 11.2. The number of ether oxygens (including phenoxy) is 1. The van der Waals surface area contributed by atoms with Crippen molar-refractivity contribution in [2.75, 3.05) is 13.7 Å². The van der Waals surface area contributed by atoms with E-state index in [9.17, 15) is 4.79 Å². The summed E-state index contributed by atoms with van der Waals surface area (Å²) < 4.78 is 7.66. The lowest BCUT2D eigenvalue weighted by atomic mass is 9.63. The summed E-state index contributed by atoms with van der Waals surface area (Å²) in [5, 5.41) is 4.42. The third-order valence-corrected chi connectivity index (χ3v) is 5.60. The van der Waals surface area contributed by atoms with Crippen LogP contribution in [-0.4, -0.2) is 46.4 Å². The zero-order valence-corrected chi connectivity index (χ0v) is 15.6. The lowest BCUT2D eigenvalue weighted by Gasteiger charge is -2.54. The highest BCUT2D eigenvalue weighted by Crippen LogP contribution is 2.45. The van der Waals surface area contributed by atoms with Crippen molar-refractivity contribution in [3.05, 3.63) is 17.0 Å². The first-order chi connectivity index (χ1) is 10.7. The SMILES string of the molecule is CCO[C@@H]1C[C@@H](N(C)C(=O)CCc2c(C)nn(C)c2C)C1(C)C. The summed E-state index contributed by atoms with van der Waals surface area (Å²) in [5.74, 6) is 0.209. The molecule has 0 spiro atoms. The molecule has 0 bridgehead atoms. The molecule has 1 aromatic heterocycles. The fourth-order valence-electron chi connectivity index (χ4n) is 3.77. The highest BCUT2D eigenvalue weighted by molar-refractivity contribution is 5.76. The van der Waals surface area contributed by atoms with E-state index in [1.54, 1.807) is 0 Å². The number of aryl methyl sites for hydroxylation is 2. The van der Waals surface area contributed by atoms with Crippen LogP contribution in [0.3, 0.4) is 0 Å². The molecule has 5 heteroatoms. The van der Waals surface area contributed by atoms with E-state index in [0.29, 0.717) is 6.42 Å². The van der Waals surface area contributed by atoms with Gasteiger partial charge >= 0.3 is 0 Å². The van der Waals surface area contributed by atoms with Gasteiger partial charge in [-0.05, 0) is 39.2 Å². The number of nitrogens with zero attached hydrogens (tertiary/aromatic N) is 3. The molecule has 5 nitrogen and oxygen atoms in total. The first-order valence-corrected chi connectivity index (χ1v) is 8.56. The standard InChI is InChI=1S/C18H31N3O2/c1-8-23-16-11-15(18(16,4)5)20(6)17(22)10-9-14-12(2)19-21(7)13(14)3/h15-16H,8-11H2,1-7H3/t15-,16-/m1/s1. The van der Waals surface area contributed by atoms with Crippen molar-refractivity contribution in [3.63, 3.8) is 0 Å². The number of rotatable bonds is 6. The molecular weight excluding hydrogens is 290 g/mol. The van der Waals surface area contributed by atoms with Crippen LogP contribution in [0, 0.1) is 19.3 Å². The molecule has 2 rings (SSSR count). The van der Waals surface area contributed by atoms with Crippen LogP contribution in [0.4, 0.5) is 0 Å². The smallest absolute Gasteiger partial charge is 0.222 e. The highest BCUT2D eigenvalue weighted by atomic mass is 16.5. The van der Waals surface area contributed by atoms with Crippen LogP contribution in [0.1, 0.15) is 50.6 Å². The molecular formula is C18H31N3O2. The van der Waals surface area contributed by atoms with E-state index in [1.807, 2.05) is 37.5 Å². The van der Waals surface area contributed by atoms with E-state index < -0.39 is 0 Å². The van der Waals surface area contributed by atoms with Gasteiger partial charge in [0.25, 0.3) is 0 Å². The molecule has 2 atom stereocenters. The Bertz CT molecular complexity index is 577. The quantitative estimate of drug-likeness (QED) is 0.809. The van der Waals surface area contributed by atoms with Gasteiger partial charge in [-0.3, -0.25) is 9.48 Å². The van der Waals surface area contributed by atoms with Crippen molar-refractivity contribution in [2.45, 2.75) is 66.0 Å². The molecule has 1 aromatic rings. The normalized spacial score (nSPS) is 22.7. The maximum absolute atomic E-state index is 12.6. The van der Waals surface area contributed by atoms with Gasteiger partial charge in [0.1, 0.15) is 0 Å². The van der Waals surface area contributed by atoms with Gasteiger partial charge in [0.2, 0.25) is 5.91 Å². The maximum Gasteiger partial charge on any atom is 0.222 e. The summed E-state index contributed by atoms with van der Waals surface area (Å²) in [7, 11) is 3.88. The molecule has 0 radical (unpaired) electrons. The third-order valence-electron chi connectivity index (χ3n) is 5.60. The van der Waals surface area contributed by atoms with E-state index in [0.717, 1.165) is 30.8 Å². The highest BCUT2D eigenvalue weighted by Gasteiger charge is 2.51. The topological polar surface area (TPSA) is 47.4 Å². The Morgan fingerprint density at radius 1 is 1.43 bits per heavy atom. The summed E-state index contributed by atoms with van der Waals surface area (Å²) >= 11 is 0. The second kappa shape index (κ2) is 6.63. The third kappa shape index (κ3) is 3.30.